The number of nitrogens with one attached hydrogen (secondary N) is 1. The van der Waals surface area contributed by atoms with Crippen molar-refractivity contribution in [3.8, 4) is 5.75 Å². The first-order valence-corrected chi connectivity index (χ1v) is 5.36. The van der Waals surface area contributed by atoms with Crippen molar-refractivity contribution in [1.82, 2.24) is 5.32 Å². The van der Waals surface area contributed by atoms with Gasteiger partial charge >= 0.3 is 0 Å². The van der Waals surface area contributed by atoms with Crippen LogP contribution in [0.15, 0.2) is 30.3 Å². The summed E-state index contributed by atoms with van der Waals surface area (Å²) < 4.78 is 11.1. The molecule has 0 aromatic heterocycles. The lowest BCUT2D eigenvalue weighted by Gasteiger charge is -2.28. The molecule has 1 heterocycles. The van der Waals surface area contributed by atoms with Crippen LogP contribution in [-0.4, -0.2) is 31.9 Å². The summed E-state index contributed by atoms with van der Waals surface area (Å²) in [5.41, 5.74) is 0. The lowest BCUT2D eigenvalue weighted by Crippen LogP contribution is -2.50. The van der Waals surface area contributed by atoms with Crippen molar-refractivity contribution in [3.63, 3.8) is 0 Å². The van der Waals surface area contributed by atoms with E-state index >= 15 is 0 Å². The zero-order valence-electron chi connectivity index (χ0n) is 8.98. The fourth-order valence-corrected chi connectivity index (χ4v) is 1.70. The topological polar surface area (TPSA) is 30.5 Å². The highest BCUT2D eigenvalue weighted by atomic mass is 16.5. The summed E-state index contributed by atoms with van der Waals surface area (Å²) in [7, 11) is 0. The van der Waals surface area contributed by atoms with Crippen LogP contribution in [0.2, 0.25) is 0 Å². The maximum Gasteiger partial charge on any atom is 0.119 e. The van der Waals surface area contributed by atoms with Gasteiger partial charge in [-0.3, -0.25) is 0 Å². The van der Waals surface area contributed by atoms with Crippen molar-refractivity contribution in [2.75, 3.05) is 19.8 Å². The number of rotatable bonds is 3. The molecule has 1 aromatic carbocycles. The molecule has 3 nitrogen and oxygen atoms in total. The van der Waals surface area contributed by atoms with Crippen LogP contribution < -0.4 is 10.1 Å². The Morgan fingerprint density at radius 3 is 2.87 bits per heavy atom. The maximum absolute atomic E-state index is 5.65. The van der Waals surface area contributed by atoms with Crippen LogP contribution >= 0.6 is 0 Å². The fourth-order valence-electron chi connectivity index (χ4n) is 1.70. The first-order chi connectivity index (χ1) is 7.34. The predicted molar refractivity (Wildman–Crippen MR) is 59.1 cm³/mol. The van der Waals surface area contributed by atoms with Gasteiger partial charge in [0.1, 0.15) is 12.4 Å². The summed E-state index contributed by atoms with van der Waals surface area (Å²) in [5.74, 6) is 0.914. The van der Waals surface area contributed by atoms with Gasteiger partial charge in [0.05, 0.1) is 19.3 Å². The summed E-state index contributed by atoms with van der Waals surface area (Å²) in [6, 6.07) is 10.6. The summed E-state index contributed by atoms with van der Waals surface area (Å²) >= 11 is 0. The van der Waals surface area contributed by atoms with E-state index in [1.165, 1.54) is 0 Å². The first-order valence-electron chi connectivity index (χ1n) is 5.36. The fraction of sp³-hybridized carbons (Fsp3) is 0.500. The molecule has 2 unspecified atom stereocenters. The molecule has 0 aliphatic carbocycles. The van der Waals surface area contributed by atoms with Gasteiger partial charge in [-0.05, 0) is 19.1 Å². The molecule has 1 aromatic rings. The average Bonchev–Trinajstić information content (AvgIpc) is 2.28. The van der Waals surface area contributed by atoms with Gasteiger partial charge in [-0.1, -0.05) is 18.2 Å². The van der Waals surface area contributed by atoms with Gasteiger partial charge in [0.15, 0.2) is 0 Å². The number of benzene rings is 1. The zero-order chi connectivity index (χ0) is 10.5. The van der Waals surface area contributed by atoms with Crippen LogP contribution in [0.4, 0.5) is 0 Å². The van der Waals surface area contributed by atoms with Crippen molar-refractivity contribution >= 4 is 0 Å². The molecule has 1 N–H and O–H groups in total. The number of para-hydroxylation sites is 1. The highest BCUT2D eigenvalue weighted by molar-refractivity contribution is 5.20. The molecular formula is C12H17NO2. The maximum atomic E-state index is 5.65. The molecule has 0 spiro atoms. The van der Waals surface area contributed by atoms with E-state index in [9.17, 15) is 0 Å². The minimum Gasteiger partial charge on any atom is -0.492 e. The van der Waals surface area contributed by atoms with Crippen molar-refractivity contribution in [3.05, 3.63) is 30.3 Å². The van der Waals surface area contributed by atoms with Gasteiger partial charge in [-0.15, -0.1) is 0 Å². The van der Waals surface area contributed by atoms with E-state index in [2.05, 4.69) is 12.2 Å². The van der Waals surface area contributed by atoms with E-state index in [1.54, 1.807) is 0 Å². The minimum absolute atomic E-state index is 0.300. The molecule has 82 valence electrons. The normalized spacial score (nSPS) is 26.2. The molecule has 1 aliphatic heterocycles. The molecule has 0 bridgehead atoms. The number of ether oxygens (including phenoxy) is 2. The van der Waals surface area contributed by atoms with Crippen molar-refractivity contribution in [1.29, 1.82) is 0 Å². The Morgan fingerprint density at radius 1 is 1.33 bits per heavy atom. The van der Waals surface area contributed by atoms with Crippen LogP contribution in [0.1, 0.15) is 6.92 Å². The van der Waals surface area contributed by atoms with Gasteiger partial charge in [0, 0.05) is 6.04 Å². The Balaban J connectivity index is 1.78. The predicted octanol–water partition coefficient (Wildman–Crippen LogP) is 1.44. The molecule has 2 atom stereocenters. The monoisotopic (exact) mass is 207 g/mol. The molecule has 1 fully saturated rings. The lowest BCUT2D eigenvalue weighted by molar-refractivity contribution is 0.0353. The second-order valence-electron chi connectivity index (χ2n) is 3.93. The summed E-state index contributed by atoms with van der Waals surface area (Å²) in [6.45, 7) is 4.31. The number of hydrogen-bond acceptors (Lipinski definition) is 3. The number of hydrogen-bond donors (Lipinski definition) is 1. The largest absolute Gasteiger partial charge is 0.492 e. The summed E-state index contributed by atoms with van der Waals surface area (Å²) in [6.07, 6.45) is 0. The zero-order valence-corrected chi connectivity index (χ0v) is 8.98. The van der Waals surface area contributed by atoms with E-state index in [0.29, 0.717) is 18.7 Å². The second-order valence-corrected chi connectivity index (χ2v) is 3.93. The van der Waals surface area contributed by atoms with Crippen LogP contribution in [0.3, 0.4) is 0 Å². The van der Waals surface area contributed by atoms with E-state index < -0.39 is 0 Å². The minimum atomic E-state index is 0.300. The van der Waals surface area contributed by atoms with Gasteiger partial charge in [-0.25, -0.2) is 0 Å². The van der Waals surface area contributed by atoms with Crippen LogP contribution in [0, 0.1) is 0 Å². The van der Waals surface area contributed by atoms with E-state index in [0.717, 1.165) is 19.0 Å². The molecule has 0 saturated carbocycles. The molecule has 0 radical (unpaired) electrons. The van der Waals surface area contributed by atoms with Gasteiger partial charge in [-0.2, -0.15) is 0 Å². The second kappa shape index (κ2) is 5.14. The Kier molecular flexibility index (Phi) is 3.59. The Labute approximate surface area is 90.4 Å². The third-order valence-corrected chi connectivity index (χ3v) is 2.40. The standard InChI is InChI=1S/C12H17NO2/c1-10-7-14-8-11(13-10)9-15-12-5-3-2-4-6-12/h2-6,10-11,13H,7-9H2,1H3. The van der Waals surface area contributed by atoms with E-state index in [1.807, 2.05) is 30.3 Å². The Morgan fingerprint density at radius 2 is 2.13 bits per heavy atom. The highest BCUT2D eigenvalue weighted by Crippen LogP contribution is 2.09. The molecule has 1 saturated heterocycles. The van der Waals surface area contributed by atoms with Crippen molar-refractivity contribution in [2.45, 2.75) is 19.0 Å². The smallest absolute Gasteiger partial charge is 0.119 e. The van der Waals surface area contributed by atoms with Crippen LogP contribution in [0.5, 0.6) is 5.75 Å². The van der Waals surface area contributed by atoms with Crippen molar-refractivity contribution in [2.24, 2.45) is 0 Å². The number of morpholine rings is 1. The Bertz CT molecular complexity index is 289. The third kappa shape index (κ3) is 3.22. The van der Waals surface area contributed by atoms with Crippen molar-refractivity contribution < 1.29 is 9.47 Å². The molecule has 1 aliphatic rings. The van der Waals surface area contributed by atoms with Gasteiger partial charge in [0.25, 0.3) is 0 Å². The molecule has 0 amide bonds. The summed E-state index contributed by atoms with van der Waals surface area (Å²) in [5, 5.41) is 3.44. The van der Waals surface area contributed by atoms with E-state index in [4.69, 9.17) is 9.47 Å². The highest BCUT2D eigenvalue weighted by Gasteiger charge is 2.18. The molecule has 15 heavy (non-hydrogen) atoms. The third-order valence-electron chi connectivity index (χ3n) is 2.40. The average molecular weight is 207 g/mol. The quantitative estimate of drug-likeness (QED) is 0.813. The van der Waals surface area contributed by atoms with Crippen LogP contribution in [-0.2, 0) is 4.74 Å². The Hall–Kier alpha value is -1.06. The summed E-state index contributed by atoms with van der Waals surface area (Å²) in [4.78, 5) is 0. The van der Waals surface area contributed by atoms with E-state index in [-0.39, 0.29) is 0 Å². The lowest BCUT2D eigenvalue weighted by atomic mass is 10.2. The molecular weight excluding hydrogens is 190 g/mol. The van der Waals surface area contributed by atoms with Crippen LogP contribution in [0.25, 0.3) is 0 Å². The SMILES string of the molecule is CC1COCC(COc2ccccc2)N1. The first kappa shape index (κ1) is 10.5. The van der Waals surface area contributed by atoms with Gasteiger partial charge < -0.3 is 14.8 Å². The molecule has 3 heteroatoms. The van der Waals surface area contributed by atoms with Gasteiger partial charge in [0.2, 0.25) is 0 Å². The molecule has 2 rings (SSSR count).